The molecule has 1 unspecified atom stereocenters. The minimum Gasteiger partial charge on any atom is -0.479 e. The van der Waals surface area contributed by atoms with Crippen molar-refractivity contribution in [2.45, 2.75) is 25.9 Å². The third kappa shape index (κ3) is 5.27. The minimum atomic E-state index is -1.11. The number of carbonyl (C=O) groups is 2. The van der Waals surface area contributed by atoms with Crippen molar-refractivity contribution < 1.29 is 19.4 Å². The Kier molecular flexibility index (Phi) is 6.52. The summed E-state index contributed by atoms with van der Waals surface area (Å²) in [4.78, 5) is 23.0. The summed E-state index contributed by atoms with van der Waals surface area (Å²) in [6.07, 6.45) is 0. The molecule has 6 nitrogen and oxygen atoms in total. The van der Waals surface area contributed by atoms with Gasteiger partial charge in [0.05, 0.1) is 12.6 Å². The Hall–Kier alpha value is -2.08. The lowest BCUT2D eigenvalue weighted by molar-refractivity contribution is -0.139. The fraction of sp³-hybridized carbons (Fsp3) is 0.429. The standard InChI is InChI=1S/C14H20N2O4/c1-3-20-9-10(2)15-14(19)16-12(13(17)18)11-7-5-4-6-8-11/h4-8,10,12H,3,9H2,1-2H3,(H,17,18)(H2,15,16,19)/t10?,12-/m1/s1. The predicted molar refractivity (Wildman–Crippen MR) is 74.4 cm³/mol. The number of ether oxygens (including phenoxy) is 1. The molecule has 0 aliphatic carbocycles. The number of hydrogen-bond acceptors (Lipinski definition) is 3. The summed E-state index contributed by atoms with van der Waals surface area (Å²) in [7, 11) is 0. The third-order valence-corrected chi connectivity index (χ3v) is 2.60. The maximum absolute atomic E-state index is 11.8. The molecule has 0 radical (unpaired) electrons. The van der Waals surface area contributed by atoms with E-state index in [1.165, 1.54) is 0 Å². The lowest BCUT2D eigenvalue weighted by atomic mass is 10.1. The van der Waals surface area contributed by atoms with E-state index < -0.39 is 18.0 Å². The molecule has 0 fully saturated rings. The van der Waals surface area contributed by atoms with E-state index in [-0.39, 0.29) is 6.04 Å². The highest BCUT2D eigenvalue weighted by Gasteiger charge is 2.22. The van der Waals surface area contributed by atoms with E-state index in [4.69, 9.17) is 4.74 Å². The second kappa shape index (κ2) is 8.16. The average Bonchev–Trinajstić information content (AvgIpc) is 2.43. The number of hydrogen-bond donors (Lipinski definition) is 3. The zero-order chi connectivity index (χ0) is 15.0. The van der Waals surface area contributed by atoms with Gasteiger partial charge in [-0.15, -0.1) is 0 Å². The molecule has 0 saturated heterocycles. The van der Waals surface area contributed by atoms with Crippen molar-refractivity contribution in [2.24, 2.45) is 0 Å². The molecule has 2 atom stereocenters. The molecular formula is C14H20N2O4. The summed E-state index contributed by atoms with van der Waals surface area (Å²) in [5.74, 6) is -1.11. The molecule has 0 aromatic heterocycles. The second-order valence-electron chi connectivity index (χ2n) is 4.36. The molecule has 0 aliphatic rings. The van der Waals surface area contributed by atoms with Gasteiger partial charge in [0.1, 0.15) is 0 Å². The van der Waals surface area contributed by atoms with E-state index >= 15 is 0 Å². The van der Waals surface area contributed by atoms with Gasteiger partial charge in [0.2, 0.25) is 0 Å². The molecule has 2 amide bonds. The number of carboxylic acid groups (broad SMARTS) is 1. The molecule has 0 aliphatic heterocycles. The van der Waals surface area contributed by atoms with E-state index in [1.54, 1.807) is 37.3 Å². The number of urea groups is 1. The summed E-state index contributed by atoms with van der Waals surface area (Å²) in [6.45, 7) is 4.60. The van der Waals surface area contributed by atoms with Crippen LogP contribution in [0.2, 0.25) is 0 Å². The van der Waals surface area contributed by atoms with Gasteiger partial charge in [-0.1, -0.05) is 30.3 Å². The number of carbonyl (C=O) groups excluding carboxylic acids is 1. The highest BCUT2D eigenvalue weighted by Crippen LogP contribution is 2.12. The SMILES string of the molecule is CCOCC(C)NC(=O)N[C@@H](C(=O)O)c1ccccc1. The first-order valence-electron chi connectivity index (χ1n) is 6.47. The number of amides is 2. The lowest BCUT2D eigenvalue weighted by Gasteiger charge is -2.18. The highest BCUT2D eigenvalue weighted by atomic mass is 16.5. The van der Waals surface area contributed by atoms with Crippen molar-refractivity contribution in [1.29, 1.82) is 0 Å². The van der Waals surface area contributed by atoms with Crippen molar-refractivity contribution >= 4 is 12.0 Å². The lowest BCUT2D eigenvalue weighted by Crippen LogP contribution is -2.45. The van der Waals surface area contributed by atoms with Crippen LogP contribution in [-0.4, -0.2) is 36.4 Å². The number of aliphatic carboxylic acids is 1. The number of nitrogens with one attached hydrogen (secondary N) is 2. The Bertz CT molecular complexity index is 436. The summed E-state index contributed by atoms with van der Waals surface area (Å²) >= 11 is 0. The van der Waals surface area contributed by atoms with Crippen LogP contribution in [0.25, 0.3) is 0 Å². The molecule has 3 N–H and O–H groups in total. The zero-order valence-electron chi connectivity index (χ0n) is 11.6. The Labute approximate surface area is 118 Å². The topological polar surface area (TPSA) is 87.7 Å². The van der Waals surface area contributed by atoms with Gasteiger partial charge < -0.3 is 20.5 Å². The fourth-order valence-corrected chi connectivity index (χ4v) is 1.67. The fourth-order valence-electron chi connectivity index (χ4n) is 1.67. The minimum absolute atomic E-state index is 0.194. The van der Waals surface area contributed by atoms with Gasteiger partial charge in [0, 0.05) is 6.61 Å². The monoisotopic (exact) mass is 280 g/mol. The van der Waals surface area contributed by atoms with Crippen LogP contribution in [0.5, 0.6) is 0 Å². The van der Waals surface area contributed by atoms with Crippen LogP contribution in [0.4, 0.5) is 4.79 Å². The van der Waals surface area contributed by atoms with Crippen molar-refractivity contribution in [3.05, 3.63) is 35.9 Å². The Morgan fingerprint density at radius 1 is 1.25 bits per heavy atom. The summed E-state index contributed by atoms with van der Waals surface area (Å²) in [5.41, 5.74) is 0.521. The quantitative estimate of drug-likeness (QED) is 0.707. The van der Waals surface area contributed by atoms with Crippen molar-refractivity contribution in [2.75, 3.05) is 13.2 Å². The largest absolute Gasteiger partial charge is 0.479 e. The molecule has 0 heterocycles. The van der Waals surface area contributed by atoms with Gasteiger partial charge in [0.25, 0.3) is 0 Å². The number of rotatable bonds is 7. The average molecular weight is 280 g/mol. The van der Waals surface area contributed by atoms with E-state index in [0.29, 0.717) is 18.8 Å². The van der Waals surface area contributed by atoms with Crippen molar-refractivity contribution in [3.8, 4) is 0 Å². The van der Waals surface area contributed by atoms with Gasteiger partial charge in [-0.2, -0.15) is 0 Å². The molecule has 6 heteroatoms. The van der Waals surface area contributed by atoms with Gasteiger partial charge in [-0.05, 0) is 19.4 Å². The van der Waals surface area contributed by atoms with Crippen molar-refractivity contribution in [3.63, 3.8) is 0 Å². The van der Waals surface area contributed by atoms with Gasteiger partial charge in [0.15, 0.2) is 6.04 Å². The zero-order valence-corrected chi connectivity index (χ0v) is 11.6. The van der Waals surface area contributed by atoms with Crippen LogP contribution in [0.3, 0.4) is 0 Å². The van der Waals surface area contributed by atoms with Gasteiger partial charge in [-0.25, -0.2) is 9.59 Å². The molecular weight excluding hydrogens is 260 g/mol. The smallest absolute Gasteiger partial charge is 0.330 e. The Balaban J connectivity index is 2.59. The van der Waals surface area contributed by atoms with Crippen LogP contribution in [0.15, 0.2) is 30.3 Å². The first-order valence-corrected chi connectivity index (χ1v) is 6.47. The highest BCUT2D eigenvalue weighted by molar-refractivity contribution is 5.83. The molecule has 0 saturated carbocycles. The second-order valence-corrected chi connectivity index (χ2v) is 4.36. The Morgan fingerprint density at radius 3 is 2.45 bits per heavy atom. The van der Waals surface area contributed by atoms with Crippen LogP contribution >= 0.6 is 0 Å². The third-order valence-electron chi connectivity index (χ3n) is 2.60. The van der Waals surface area contributed by atoms with Crippen molar-refractivity contribution in [1.82, 2.24) is 10.6 Å². The number of benzene rings is 1. The summed E-state index contributed by atoms with van der Waals surface area (Å²) < 4.78 is 5.17. The molecule has 0 bridgehead atoms. The van der Waals surface area contributed by atoms with Crippen LogP contribution in [-0.2, 0) is 9.53 Å². The van der Waals surface area contributed by atoms with E-state index in [1.807, 2.05) is 6.92 Å². The summed E-state index contributed by atoms with van der Waals surface area (Å²) in [5, 5.41) is 14.3. The van der Waals surface area contributed by atoms with Crippen LogP contribution in [0, 0.1) is 0 Å². The molecule has 1 aromatic rings. The molecule has 1 aromatic carbocycles. The molecule has 20 heavy (non-hydrogen) atoms. The molecule has 1 rings (SSSR count). The van der Waals surface area contributed by atoms with E-state index in [9.17, 15) is 14.7 Å². The molecule has 110 valence electrons. The van der Waals surface area contributed by atoms with E-state index in [0.717, 1.165) is 0 Å². The van der Waals surface area contributed by atoms with Crippen LogP contribution in [0.1, 0.15) is 25.5 Å². The maximum Gasteiger partial charge on any atom is 0.330 e. The normalized spacial score (nSPS) is 13.3. The van der Waals surface area contributed by atoms with E-state index in [2.05, 4.69) is 10.6 Å². The first kappa shape index (κ1) is 16.0. The number of carboxylic acids is 1. The van der Waals surface area contributed by atoms with Crippen LogP contribution < -0.4 is 10.6 Å². The molecule has 0 spiro atoms. The van der Waals surface area contributed by atoms with Gasteiger partial charge in [-0.3, -0.25) is 0 Å². The maximum atomic E-state index is 11.8. The first-order chi connectivity index (χ1) is 9.54. The predicted octanol–water partition coefficient (Wildman–Crippen LogP) is 1.54. The Morgan fingerprint density at radius 2 is 1.90 bits per heavy atom. The summed E-state index contributed by atoms with van der Waals surface area (Å²) in [6, 6.07) is 6.74. The van der Waals surface area contributed by atoms with Gasteiger partial charge >= 0.3 is 12.0 Å².